The lowest BCUT2D eigenvalue weighted by atomic mass is 10.1. The summed E-state index contributed by atoms with van der Waals surface area (Å²) in [5.74, 6) is 1.97. The molecule has 1 aromatic rings. The second-order valence-corrected chi connectivity index (χ2v) is 5.43. The van der Waals surface area contributed by atoms with E-state index in [4.69, 9.17) is 4.74 Å². The minimum atomic E-state index is -0.0651. The average Bonchev–Trinajstić information content (AvgIpc) is 2.53. The van der Waals surface area contributed by atoms with Gasteiger partial charge in [-0.25, -0.2) is 4.99 Å². The molecular weight excluding hydrogens is 266 g/mol. The molecule has 1 aliphatic rings. The van der Waals surface area contributed by atoms with Crippen molar-refractivity contribution in [2.24, 2.45) is 15.9 Å². The molecule has 114 valence electrons. The number of aliphatic imine (C=N–C) groups is 2. The van der Waals surface area contributed by atoms with E-state index in [0.29, 0.717) is 5.92 Å². The number of hydrogen-bond acceptors (Lipinski definition) is 4. The van der Waals surface area contributed by atoms with Gasteiger partial charge in [0.15, 0.2) is 0 Å². The minimum absolute atomic E-state index is 0.0651. The van der Waals surface area contributed by atoms with Crippen molar-refractivity contribution in [2.75, 3.05) is 25.2 Å². The molecule has 0 saturated carbocycles. The summed E-state index contributed by atoms with van der Waals surface area (Å²) < 4.78 is 5.16. The number of aliphatic hydroxyl groups excluding tert-OH is 1. The fourth-order valence-electron chi connectivity index (χ4n) is 2.14. The molecule has 0 aliphatic carbocycles. The summed E-state index contributed by atoms with van der Waals surface area (Å²) in [5.41, 5.74) is 1.08. The first-order valence-electron chi connectivity index (χ1n) is 7.26. The van der Waals surface area contributed by atoms with E-state index in [1.54, 1.807) is 13.4 Å². The number of amidine groups is 1. The fraction of sp³-hybridized carbons (Fsp3) is 0.500. The van der Waals surface area contributed by atoms with Gasteiger partial charge in [-0.15, -0.1) is 0 Å². The zero-order chi connectivity index (χ0) is 15.2. The molecular formula is C16H23N3O2. The molecule has 0 aromatic heterocycles. The van der Waals surface area contributed by atoms with Crippen LogP contribution in [0.5, 0.6) is 5.75 Å². The van der Waals surface area contributed by atoms with Crippen molar-refractivity contribution in [1.82, 2.24) is 0 Å². The van der Waals surface area contributed by atoms with Crippen molar-refractivity contribution in [3.8, 4) is 5.75 Å². The van der Waals surface area contributed by atoms with Crippen LogP contribution in [0.1, 0.15) is 20.3 Å². The third kappa shape index (κ3) is 4.04. The molecule has 0 spiro atoms. The van der Waals surface area contributed by atoms with Gasteiger partial charge in [-0.05, 0) is 30.2 Å². The van der Waals surface area contributed by atoms with Crippen LogP contribution in [0.3, 0.4) is 0 Å². The molecule has 1 heterocycles. The Labute approximate surface area is 126 Å². The first-order chi connectivity index (χ1) is 10.1. The SMILES string of the molecule is COc1ccc(N2C=NC(=N[C@H](CO)C(C)C)CC2)cc1. The van der Waals surface area contributed by atoms with Crippen molar-refractivity contribution in [1.29, 1.82) is 0 Å². The van der Waals surface area contributed by atoms with Crippen LogP contribution in [0.2, 0.25) is 0 Å². The molecule has 5 heteroatoms. The normalized spacial score (nSPS) is 18.3. The second kappa shape index (κ2) is 7.22. The van der Waals surface area contributed by atoms with Gasteiger partial charge in [-0.3, -0.25) is 4.99 Å². The van der Waals surface area contributed by atoms with E-state index in [9.17, 15) is 5.11 Å². The highest BCUT2D eigenvalue weighted by Crippen LogP contribution is 2.20. The van der Waals surface area contributed by atoms with Crippen molar-refractivity contribution < 1.29 is 9.84 Å². The summed E-state index contributed by atoms with van der Waals surface area (Å²) in [6.07, 6.45) is 2.59. The lowest BCUT2D eigenvalue weighted by Gasteiger charge is -2.24. The molecule has 21 heavy (non-hydrogen) atoms. The van der Waals surface area contributed by atoms with Crippen LogP contribution in [-0.4, -0.2) is 43.6 Å². The minimum Gasteiger partial charge on any atom is -0.497 e. The largest absolute Gasteiger partial charge is 0.497 e. The summed E-state index contributed by atoms with van der Waals surface area (Å²) in [5, 5.41) is 9.33. The van der Waals surface area contributed by atoms with Crippen LogP contribution in [0.15, 0.2) is 34.3 Å². The molecule has 0 unspecified atom stereocenters. The van der Waals surface area contributed by atoms with E-state index >= 15 is 0 Å². The van der Waals surface area contributed by atoms with E-state index in [2.05, 4.69) is 28.7 Å². The Morgan fingerprint density at radius 1 is 1.33 bits per heavy atom. The monoisotopic (exact) mass is 289 g/mol. The molecule has 5 nitrogen and oxygen atoms in total. The Bertz CT molecular complexity index is 509. The molecule has 2 rings (SSSR count). The molecule has 1 atom stereocenters. The van der Waals surface area contributed by atoms with Gasteiger partial charge in [-0.2, -0.15) is 0 Å². The van der Waals surface area contributed by atoms with E-state index in [1.807, 2.05) is 24.3 Å². The molecule has 0 bridgehead atoms. The van der Waals surface area contributed by atoms with Gasteiger partial charge in [0.05, 0.1) is 26.1 Å². The van der Waals surface area contributed by atoms with E-state index in [1.165, 1.54) is 0 Å². The molecule has 0 amide bonds. The Hall–Kier alpha value is -1.88. The topological polar surface area (TPSA) is 57.4 Å². The standard InChI is InChI=1S/C16H23N3O2/c1-12(2)15(10-20)18-16-8-9-19(11-17-16)13-4-6-14(21-3)7-5-13/h4-7,11-12,15,20H,8-10H2,1-3H3/t15-/m1/s1. The second-order valence-electron chi connectivity index (χ2n) is 5.43. The Morgan fingerprint density at radius 2 is 2.05 bits per heavy atom. The number of benzene rings is 1. The number of aliphatic hydroxyl groups is 1. The molecule has 0 radical (unpaired) electrons. The van der Waals surface area contributed by atoms with Crippen LogP contribution < -0.4 is 9.64 Å². The number of anilines is 1. The first-order valence-corrected chi connectivity index (χ1v) is 7.26. The summed E-state index contributed by atoms with van der Waals surface area (Å²) in [6, 6.07) is 7.83. The molecule has 1 aliphatic heterocycles. The lowest BCUT2D eigenvalue weighted by molar-refractivity contribution is 0.239. The Morgan fingerprint density at radius 3 is 2.52 bits per heavy atom. The van der Waals surface area contributed by atoms with Gasteiger partial charge in [0.25, 0.3) is 0 Å². The fourth-order valence-corrected chi connectivity index (χ4v) is 2.14. The maximum Gasteiger partial charge on any atom is 0.127 e. The van der Waals surface area contributed by atoms with Crippen LogP contribution in [0.4, 0.5) is 5.69 Å². The van der Waals surface area contributed by atoms with Crippen molar-refractivity contribution >= 4 is 17.9 Å². The van der Waals surface area contributed by atoms with Gasteiger partial charge in [0.2, 0.25) is 0 Å². The van der Waals surface area contributed by atoms with Crippen LogP contribution >= 0.6 is 0 Å². The number of ether oxygens (including phenoxy) is 1. The first kappa shape index (κ1) is 15.5. The van der Waals surface area contributed by atoms with Crippen molar-refractivity contribution in [2.45, 2.75) is 26.3 Å². The molecule has 0 fully saturated rings. The zero-order valence-corrected chi connectivity index (χ0v) is 12.9. The predicted molar refractivity (Wildman–Crippen MR) is 86.6 cm³/mol. The van der Waals surface area contributed by atoms with E-state index in [0.717, 1.165) is 30.2 Å². The summed E-state index contributed by atoms with van der Waals surface area (Å²) in [7, 11) is 1.66. The maximum atomic E-state index is 9.33. The highest BCUT2D eigenvalue weighted by Gasteiger charge is 2.15. The highest BCUT2D eigenvalue weighted by atomic mass is 16.5. The van der Waals surface area contributed by atoms with Crippen LogP contribution in [0.25, 0.3) is 0 Å². The van der Waals surface area contributed by atoms with Gasteiger partial charge in [-0.1, -0.05) is 13.8 Å². The molecule has 1 N–H and O–H groups in total. The third-order valence-electron chi connectivity index (χ3n) is 3.60. The quantitative estimate of drug-likeness (QED) is 0.905. The molecule has 1 aromatic carbocycles. The number of methoxy groups -OCH3 is 1. The number of rotatable bonds is 5. The predicted octanol–water partition coefficient (Wildman–Crippen LogP) is 2.35. The highest BCUT2D eigenvalue weighted by molar-refractivity contribution is 5.97. The molecule has 0 saturated heterocycles. The number of nitrogens with zero attached hydrogens (tertiary/aromatic N) is 3. The van der Waals surface area contributed by atoms with Gasteiger partial charge in [0.1, 0.15) is 11.6 Å². The smallest absolute Gasteiger partial charge is 0.127 e. The summed E-state index contributed by atoms with van der Waals surface area (Å²) >= 11 is 0. The van der Waals surface area contributed by atoms with E-state index in [-0.39, 0.29) is 12.6 Å². The summed E-state index contributed by atoms with van der Waals surface area (Å²) in [6.45, 7) is 5.02. The van der Waals surface area contributed by atoms with Gasteiger partial charge >= 0.3 is 0 Å². The number of hydrogen-bond donors (Lipinski definition) is 1. The third-order valence-corrected chi connectivity index (χ3v) is 3.60. The van der Waals surface area contributed by atoms with Gasteiger partial charge < -0.3 is 14.7 Å². The summed E-state index contributed by atoms with van der Waals surface area (Å²) in [4.78, 5) is 11.0. The zero-order valence-electron chi connectivity index (χ0n) is 12.9. The van der Waals surface area contributed by atoms with Gasteiger partial charge in [0, 0.05) is 18.7 Å². The van der Waals surface area contributed by atoms with Crippen LogP contribution in [0, 0.1) is 5.92 Å². The Balaban J connectivity index is 2.05. The van der Waals surface area contributed by atoms with Crippen molar-refractivity contribution in [3.63, 3.8) is 0 Å². The Kier molecular flexibility index (Phi) is 5.33. The van der Waals surface area contributed by atoms with Crippen molar-refractivity contribution in [3.05, 3.63) is 24.3 Å². The van der Waals surface area contributed by atoms with E-state index < -0.39 is 0 Å². The van der Waals surface area contributed by atoms with Crippen LogP contribution in [-0.2, 0) is 0 Å². The lowest BCUT2D eigenvalue weighted by Crippen LogP contribution is -2.30. The maximum absolute atomic E-state index is 9.33. The average molecular weight is 289 g/mol.